The first-order valence-corrected chi connectivity index (χ1v) is 10.2. The number of hydrogen-bond acceptors (Lipinski definition) is 3. The van der Waals surface area contributed by atoms with Crippen LogP contribution in [0.3, 0.4) is 0 Å². The highest BCUT2D eigenvalue weighted by Crippen LogP contribution is 2.34. The molecule has 7 heteroatoms. The Balaban J connectivity index is 1.69. The molecule has 0 spiro atoms. The molecule has 0 atom stereocenters. The largest absolute Gasteiger partial charge is 0.382 e. The smallest absolute Gasteiger partial charge is 0.322 e. The van der Waals surface area contributed by atoms with Crippen molar-refractivity contribution in [2.75, 3.05) is 18.1 Å². The van der Waals surface area contributed by atoms with Gasteiger partial charge in [-0.2, -0.15) is 5.10 Å². The second kappa shape index (κ2) is 8.93. The van der Waals surface area contributed by atoms with Gasteiger partial charge < -0.3 is 16.0 Å². The highest BCUT2D eigenvalue weighted by Gasteiger charge is 2.21. The number of aromatic nitrogens is 2. The van der Waals surface area contributed by atoms with E-state index in [0.29, 0.717) is 28.8 Å². The number of benzene rings is 3. The summed E-state index contributed by atoms with van der Waals surface area (Å²) in [4.78, 5) is 14.6. The number of anilines is 2. The standard InChI is InChI=1S/C24H22ClN5O/c1-29(16-17-8-4-2-5-9-17)24(31)27-22-21(18-12-14-19(25)15-13-18)28-30(23(22)26)20-10-6-3-7-11-20/h2-15H,16,26H2,1H3,(H,27,31). The Morgan fingerprint density at radius 2 is 1.61 bits per heavy atom. The average Bonchev–Trinajstić information content (AvgIpc) is 3.11. The number of para-hydroxylation sites is 1. The molecule has 0 fully saturated rings. The lowest BCUT2D eigenvalue weighted by Crippen LogP contribution is -2.31. The quantitative estimate of drug-likeness (QED) is 0.441. The molecule has 31 heavy (non-hydrogen) atoms. The molecular weight excluding hydrogens is 410 g/mol. The summed E-state index contributed by atoms with van der Waals surface area (Å²) in [5.74, 6) is 0.345. The molecule has 0 aliphatic rings. The Labute approximate surface area is 185 Å². The van der Waals surface area contributed by atoms with Crippen molar-refractivity contribution in [1.82, 2.24) is 14.7 Å². The predicted molar refractivity (Wildman–Crippen MR) is 125 cm³/mol. The van der Waals surface area contributed by atoms with E-state index in [1.165, 1.54) is 0 Å². The van der Waals surface area contributed by atoms with Crippen LogP contribution in [0.2, 0.25) is 5.02 Å². The van der Waals surface area contributed by atoms with Crippen LogP contribution in [0.1, 0.15) is 5.56 Å². The lowest BCUT2D eigenvalue weighted by Gasteiger charge is -2.18. The highest BCUT2D eigenvalue weighted by atomic mass is 35.5. The minimum Gasteiger partial charge on any atom is -0.382 e. The van der Waals surface area contributed by atoms with E-state index in [-0.39, 0.29) is 6.03 Å². The van der Waals surface area contributed by atoms with Gasteiger partial charge in [-0.15, -0.1) is 0 Å². The second-order valence-electron chi connectivity index (χ2n) is 7.13. The van der Waals surface area contributed by atoms with Gasteiger partial charge in [0, 0.05) is 24.2 Å². The third kappa shape index (κ3) is 4.54. The van der Waals surface area contributed by atoms with Crippen LogP contribution in [-0.2, 0) is 6.54 Å². The van der Waals surface area contributed by atoms with Crippen molar-refractivity contribution in [3.05, 3.63) is 95.5 Å². The summed E-state index contributed by atoms with van der Waals surface area (Å²) < 4.78 is 1.62. The SMILES string of the molecule is CN(Cc1ccccc1)C(=O)Nc1c(-c2ccc(Cl)cc2)nn(-c2ccccc2)c1N. The van der Waals surface area contributed by atoms with E-state index in [1.807, 2.05) is 72.8 Å². The molecule has 0 saturated heterocycles. The highest BCUT2D eigenvalue weighted by molar-refractivity contribution is 6.30. The topological polar surface area (TPSA) is 76.2 Å². The molecule has 0 aliphatic carbocycles. The number of hydrogen-bond donors (Lipinski definition) is 2. The fourth-order valence-electron chi connectivity index (χ4n) is 3.26. The van der Waals surface area contributed by atoms with Crippen LogP contribution >= 0.6 is 11.6 Å². The predicted octanol–water partition coefficient (Wildman–Crippen LogP) is 5.44. The Kier molecular flexibility index (Phi) is 5.91. The molecule has 4 rings (SSSR count). The van der Waals surface area contributed by atoms with Crippen LogP contribution in [0.5, 0.6) is 0 Å². The van der Waals surface area contributed by atoms with Gasteiger partial charge in [0.05, 0.1) is 5.69 Å². The zero-order valence-electron chi connectivity index (χ0n) is 17.0. The molecule has 1 aromatic heterocycles. The van der Waals surface area contributed by atoms with E-state index in [9.17, 15) is 4.79 Å². The van der Waals surface area contributed by atoms with Gasteiger partial charge in [0.25, 0.3) is 0 Å². The van der Waals surface area contributed by atoms with Gasteiger partial charge in [-0.25, -0.2) is 9.48 Å². The molecule has 6 nitrogen and oxygen atoms in total. The summed E-state index contributed by atoms with van der Waals surface area (Å²) in [5, 5.41) is 8.26. The summed E-state index contributed by atoms with van der Waals surface area (Å²) in [6.07, 6.45) is 0. The van der Waals surface area contributed by atoms with E-state index in [4.69, 9.17) is 22.4 Å². The average molecular weight is 432 g/mol. The summed E-state index contributed by atoms with van der Waals surface area (Å²) in [6.45, 7) is 0.468. The summed E-state index contributed by atoms with van der Waals surface area (Å²) in [6, 6.07) is 26.3. The number of nitrogens with zero attached hydrogens (tertiary/aromatic N) is 3. The van der Waals surface area contributed by atoms with Crippen molar-refractivity contribution in [3.63, 3.8) is 0 Å². The van der Waals surface area contributed by atoms with Crippen molar-refractivity contribution in [2.45, 2.75) is 6.54 Å². The first-order chi connectivity index (χ1) is 15.0. The van der Waals surface area contributed by atoms with Crippen LogP contribution in [0, 0.1) is 0 Å². The van der Waals surface area contributed by atoms with E-state index < -0.39 is 0 Å². The summed E-state index contributed by atoms with van der Waals surface area (Å²) in [7, 11) is 1.74. The molecule has 0 aliphatic heterocycles. The number of amides is 2. The third-order valence-corrected chi connectivity index (χ3v) is 5.13. The Hall–Kier alpha value is -3.77. The minimum absolute atomic E-state index is 0.279. The number of carbonyl (C=O) groups excluding carboxylic acids is 1. The molecule has 0 unspecified atom stereocenters. The van der Waals surface area contributed by atoms with Crippen molar-refractivity contribution in [2.24, 2.45) is 0 Å². The van der Waals surface area contributed by atoms with E-state index in [2.05, 4.69) is 5.32 Å². The third-order valence-electron chi connectivity index (χ3n) is 4.88. The molecule has 0 saturated carbocycles. The van der Waals surface area contributed by atoms with Gasteiger partial charge in [0.1, 0.15) is 11.4 Å². The van der Waals surface area contributed by atoms with E-state index in [1.54, 1.807) is 28.8 Å². The van der Waals surface area contributed by atoms with Crippen LogP contribution < -0.4 is 11.1 Å². The first-order valence-electron chi connectivity index (χ1n) is 9.79. The maximum Gasteiger partial charge on any atom is 0.322 e. The molecule has 4 aromatic rings. The fourth-order valence-corrected chi connectivity index (χ4v) is 3.39. The van der Waals surface area contributed by atoms with Gasteiger partial charge >= 0.3 is 6.03 Å². The molecule has 3 aromatic carbocycles. The summed E-state index contributed by atoms with van der Waals surface area (Å²) in [5.41, 5.74) is 10.1. The van der Waals surface area contributed by atoms with Crippen molar-refractivity contribution in [3.8, 4) is 16.9 Å². The fraction of sp³-hybridized carbons (Fsp3) is 0.0833. The Bertz CT molecular complexity index is 1170. The number of nitrogens with one attached hydrogen (secondary N) is 1. The van der Waals surface area contributed by atoms with Crippen LogP contribution in [0.25, 0.3) is 16.9 Å². The number of nitrogen functional groups attached to an aromatic ring is 1. The van der Waals surface area contributed by atoms with Crippen LogP contribution in [0.4, 0.5) is 16.3 Å². The maximum absolute atomic E-state index is 13.0. The normalized spacial score (nSPS) is 10.6. The maximum atomic E-state index is 13.0. The molecule has 156 valence electrons. The van der Waals surface area contributed by atoms with E-state index >= 15 is 0 Å². The van der Waals surface area contributed by atoms with Crippen molar-refractivity contribution < 1.29 is 4.79 Å². The monoisotopic (exact) mass is 431 g/mol. The first kappa shape index (κ1) is 20.5. The van der Waals surface area contributed by atoms with Gasteiger partial charge in [0.15, 0.2) is 5.82 Å². The van der Waals surface area contributed by atoms with E-state index in [0.717, 1.165) is 16.8 Å². The van der Waals surface area contributed by atoms with Gasteiger partial charge in [-0.1, -0.05) is 72.3 Å². The zero-order chi connectivity index (χ0) is 21.8. The van der Waals surface area contributed by atoms with Gasteiger partial charge in [-0.05, 0) is 29.8 Å². The molecule has 0 bridgehead atoms. The molecule has 3 N–H and O–H groups in total. The van der Waals surface area contributed by atoms with Crippen molar-refractivity contribution >= 4 is 29.1 Å². The van der Waals surface area contributed by atoms with Crippen molar-refractivity contribution in [1.29, 1.82) is 0 Å². The molecular formula is C24H22ClN5O. The Morgan fingerprint density at radius 1 is 1.00 bits per heavy atom. The zero-order valence-corrected chi connectivity index (χ0v) is 17.8. The van der Waals surface area contributed by atoms with Gasteiger partial charge in [0.2, 0.25) is 0 Å². The lowest BCUT2D eigenvalue weighted by molar-refractivity contribution is 0.220. The second-order valence-corrected chi connectivity index (χ2v) is 7.57. The summed E-state index contributed by atoms with van der Waals surface area (Å²) >= 11 is 6.05. The minimum atomic E-state index is -0.279. The lowest BCUT2D eigenvalue weighted by atomic mass is 10.1. The van der Waals surface area contributed by atoms with Crippen LogP contribution in [0.15, 0.2) is 84.9 Å². The number of urea groups is 1. The number of halogens is 1. The van der Waals surface area contributed by atoms with Crippen LogP contribution in [-0.4, -0.2) is 27.8 Å². The van der Waals surface area contributed by atoms with Gasteiger partial charge in [-0.3, -0.25) is 0 Å². The number of rotatable bonds is 5. The molecule has 1 heterocycles. The number of nitrogens with two attached hydrogens (primary N) is 1. The Morgan fingerprint density at radius 3 is 2.26 bits per heavy atom. The molecule has 2 amide bonds. The molecule has 0 radical (unpaired) electrons. The number of carbonyl (C=O) groups is 1.